The lowest BCUT2D eigenvalue weighted by molar-refractivity contribution is 0.209. The third-order valence-electron chi connectivity index (χ3n) is 2.84. The first-order valence-corrected chi connectivity index (χ1v) is 5.76. The number of amides is 2. The number of likely N-dealkylation sites (tertiary alicyclic amines) is 1. The summed E-state index contributed by atoms with van der Waals surface area (Å²) in [7, 11) is 1.90. The van der Waals surface area contributed by atoms with Crippen LogP contribution in [-0.2, 0) is 13.5 Å². The number of nitrogens with one attached hydrogen (secondary N) is 1. The minimum absolute atomic E-state index is 0.0707. The molecule has 88 valence electrons. The molecule has 1 aromatic heterocycles. The molecule has 2 heterocycles. The van der Waals surface area contributed by atoms with Crippen LogP contribution in [0.5, 0.6) is 0 Å². The molecular weight excluding hydrogens is 204 g/mol. The van der Waals surface area contributed by atoms with Crippen LogP contribution in [0.4, 0.5) is 4.79 Å². The number of carbonyl (C=O) groups is 1. The number of nitrogens with zero attached hydrogens (tertiary/aromatic N) is 3. The molecule has 0 saturated carbocycles. The van der Waals surface area contributed by atoms with Crippen molar-refractivity contribution in [2.24, 2.45) is 7.05 Å². The molecule has 1 fully saturated rings. The second-order valence-electron chi connectivity index (χ2n) is 4.20. The molecule has 16 heavy (non-hydrogen) atoms. The first kappa shape index (κ1) is 11.0. The molecule has 5 heteroatoms. The van der Waals surface area contributed by atoms with Crippen molar-refractivity contribution in [3.05, 3.63) is 18.0 Å². The quantitative estimate of drug-likeness (QED) is 0.821. The fraction of sp³-hybridized carbons (Fsp3) is 0.636. The van der Waals surface area contributed by atoms with Crippen LogP contribution in [0, 0.1) is 0 Å². The molecule has 0 unspecified atom stereocenters. The van der Waals surface area contributed by atoms with E-state index in [0.717, 1.165) is 37.9 Å². The highest BCUT2D eigenvalue weighted by molar-refractivity contribution is 5.74. The van der Waals surface area contributed by atoms with Crippen LogP contribution < -0.4 is 5.32 Å². The van der Waals surface area contributed by atoms with Crippen LogP contribution in [-0.4, -0.2) is 40.3 Å². The van der Waals surface area contributed by atoms with Crippen molar-refractivity contribution in [3.8, 4) is 0 Å². The normalized spacial score (nSPS) is 15.4. The first-order chi connectivity index (χ1) is 7.75. The highest BCUT2D eigenvalue weighted by Crippen LogP contribution is 2.06. The second kappa shape index (κ2) is 5.01. The number of urea groups is 1. The molecule has 2 rings (SSSR count). The van der Waals surface area contributed by atoms with Gasteiger partial charge in [-0.2, -0.15) is 5.10 Å². The number of hydrogen-bond acceptors (Lipinski definition) is 2. The van der Waals surface area contributed by atoms with Crippen LogP contribution in [0.25, 0.3) is 0 Å². The van der Waals surface area contributed by atoms with Gasteiger partial charge in [-0.15, -0.1) is 0 Å². The minimum Gasteiger partial charge on any atom is -0.338 e. The van der Waals surface area contributed by atoms with Crippen LogP contribution >= 0.6 is 0 Å². The molecule has 0 radical (unpaired) electrons. The highest BCUT2D eigenvalue weighted by atomic mass is 16.2. The van der Waals surface area contributed by atoms with Gasteiger partial charge in [-0.25, -0.2) is 4.79 Å². The van der Waals surface area contributed by atoms with Gasteiger partial charge < -0.3 is 10.2 Å². The third kappa shape index (κ3) is 2.74. The fourth-order valence-electron chi connectivity index (χ4n) is 1.95. The maximum atomic E-state index is 11.6. The van der Waals surface area contributed by atoms with Crippen LogP contribution in [0.3, 0.4) is 0 Å². The van der Waals surface area contributed by atoms with E-state index in [1.807, 2.05) is 24.3 Å². The summed E-state index contributed by atoms with van der Waals surface area (Å²) in [5.74, 6) is 0. The first-order valence-electron chi connectivity index (χ1n) is 5.76. The van der Waals surface area contributed by atoms with Gasteiger partial charge in [0.05, 0.1) is 6.20 Å². The van der Waals surface area contributed by atoms with E-state index in [0.29, 0.717) is 6.54 Å². The molecule has 0 atom stereocenters. The Labute approximate surface area is 95.4 Å². The zero-order chi connectivity index (χ0) is 11.4. The predicted molar refractivity (Wildman–Crippen MR) is 61.1 cm³/mol. The number of aryl methyl sites for hydroxylation is 1. The van der Waals surface area contributed by atoms with Gasteiger partial charge in [0.1, 0.15) is 0 Å². The van der Waals surface area contributed by atoms with Gasteiger partial charge >= 0.3 is 6.03 Å². The Hall–Kier alpha value is -1.52. The number of carbonyl (C=O) groups excluding carboxylic acids is 1. The van der Waals surface area contributed by atoms with Gasteiger partial charge in [0.25, 0.3) is 0 Å². The number of rotatable bonds is 3. The van der Waals surface area contributed by atoms with E-state index >= 15 is 0 Å². The zero-order valence-electron chi connectivity index (χ0n) is 9.65. The molecule has 1 aromatic rings. The average Bonchev–Trinajstić information content (AvgIpc) is 2.89. The predicted octanol–water partition coefficient (Wildman–Crippen LogP) is 0.768. The van der Waals surface area contributed by atoms with Gasteiger partial charge in [0, 0.05) is 32.9 Å². The van der Waals surface area contributed by atoms with E-state index < -0.39 is 0 Å². The van der Waals surface area contributed by atoms with Crippen molar-refractivity contribution in [2.75, 3.05) is 19.6 Å². The minimum atomic E-state index is 0.0707. The second-order valence-corrected chi connectivity index (χ2v) is 4.20. The van der Waals surface area contributed by atoms with Crippen LogP contribution in [0.1, 0.15) is 18.4 Å². The van der Waals surface area contributed by atoms with Gasteiger partial charge in [-0.05, 0) is 24.8 Å². The van der Waals surface area contributed by atoms with E-state index in [-0.39, 0.29) is 6.03 Å². The number of hydrogen-bond donors (Lipinski definition) is 1. The van der Waals surface area contributed by atoms with Crippen molar-refractivity contribution in [2.45, 2.75) is 19.3 Å². The highest BCUT2D eigenvalue weighted by Gasteiger charge is 2.16. The Morgan fingerprint density at radius 1 is 1.50 bits per heavy atom. The molecule has 0 bridgehead atoms. The number of aromatic nitrogens is 2. The van der Waals surface area contributed by atoms with Gasteiger partial charge in [-0.1, -0.05) is 0 Å². The van der Waals surface area contributed by atoms with E-state index in [1.165, 1.54) is 0 Å². The molecule has 0 spiro atoms. The summed E-state index contributed by atoms with van der Waals surface area (Å²) in [4.78, 5) is 13.5. The average molecular weight is 222 g/mol. The summed E-state index contributed by atoms with van der Waals surface area (Å²) in [5.41, 5.74) is 1.16. The summed E-state index contributed by atoms with van der Waals surface area (Å²) in [6, 6.07) is 0.0707. The maximum absolute atomic E-state index is 11.6. The Bertz CT molecular complexity index is 355. The van der Waals surface area contributed by atoms with E-state index in [2.05, 4.69) is 10.4 Å². The Kier molecular flexibility index (Phi) is 3.44. The van der Waals surface area contributed by atoms with Gasteiger partial charge in [-0.3, -0.25) is 4.68 Å². The third-order valence-corrected chi connectivity index (χ3v) is 2.84. The Morgan fingerprint density at radius 2 is 2.25 bits per heavy atom. The molecule has 0 aromatic carbocycles. The van der Waals surface area contributed by atoms with Crippen LogP contribution in [0.2, 0.25) is 0 Å². The van der Waals surface area contributed by atoms with Crippen molar-refractivity contribution in [1.29, 1.82) is 0 Å². The van der Waals surface area contributed by atoms with Crippen molar-refractivity contribution in [3.63, 3.8) is 0 Å². The molecule has 2 amide bonds. The van der Waals surface area contributed by atoms with Gasteiger partial charge in [0.15, 0.2) is 0 Å². The smallest absolute Gasteiger partial charge is 0.317 e. The van der Waals surface area contributed by atoms with Crippen molar-refractivity contribution in [1.82, 2.24) is 20.0 Å². The Balaban J connectivity index is 1.69. The standard InChI is InChI=1S/C11H18N4O/c1-14-9-10(8-13-14)4-5-12-11(16)15-6-2-3-7-15/h8-9H,2-7H2,1H3,(H,12,16). The van der Waals surface area contributed by atoms with Crippen molar-refractivity contribution >= 4 is 6.03 Å². The fourth-order valence-corrected chi connectivity index (χ4v) is 1.95. The summed E-state index contributed by atoms with van der Waals surface area (Å²) < 4.78 is 1.78. The lowest BCUT2D eigenvalue weighted by Gasteiger charge is -2.15. The molecule has 1 saturated heterocycles. The SMILES string of the molecule is Cn1cc(CCNC(=O)N2CCCC2)cn1. The monoisotopic (exact) mass is 222 g/mol. The molecule has 5 nitrogen and oxygen atoms in total. The maximum Gasteiger partial charge on any atom is 0.317 e. The lowest BCUT2D eigenvalue weighted by atomic mass is 10.2. The van der Waals surface area contributed by atoms with Gasteiger partial charge in [0.2, 0.25) is 0 Å². The molecular formula is C11H18N4O. The molecule has 1 aliphatic heterocycles. The van der Waals surface area contributed by atoms with E-state index in [9.17, 15) is 4.79 Å². The lowest BCUT2D eigenvalue weighted by Crippen LogP contribution is -2.38. The topological polar surface area (TPSA) is 50.2 Å². The van der Waals surface area contributed by atoms with Crippen molar-refractivity contribution < 1.29 is 4.79 Å². The summed E-state index contributed by atoms with van der Waals surface area (Å²) in [6.07, 6.45) is 6.92. The zero-order valence-corrected chi connectivity index (χ0v) is 9.65. The molecule has 0 aliphatic carbocycles. The van der Waals surface area contributed by atoms with Crippen LogP contribution in [0.15, 0.2) is 12.4 Å². The molecule has 1 aliphatic rings. The molecule has 1 N–H and O–H groups in total. The van der Waals surface area contributed by atoms with E-state index in [4.69, 9.17) is 0 Å². The summed E-state index contributed by atoms with van der Waals surface area (Å²) in [6.45, 7) is 2.48. The summed E-state index contributed by atoms with van der Waals surface area (Å²) >= 11 is 0. The largest absolute Gasteiger partial charge is 0.338 e. The van der Waals surface area contributed by atoms with E-state index in [1.54, 1.807) is 4.68 Å². The summed E-state index contributed by atoms with van der Waals surface area (Å²) in [5, 5.41) is 7.02. The Morgan fingerprint density at radius 3 is 2.88 bits per heavy atom.